The second-order valence-electron chi connectivity index (χ2n) is 4.04. The van der Waals surface area contributed by atoms with Gasteiger partial charge in [-0.15, -0.1) is 11.6 Å². The number of aryl methyl sites for hydroxylation is 1. The van der Waals surface area contributed by atoms with Crippen molar-refractivity contribution in [2.24, 2.45) is 0 Å². The molecular formula is C14H10BrClF2. The van der Waals surface area contributed by atoms with E-state index in [2.05, 4.69) is 15.9 Å². The number of rotatable bonds is 2. The molecule has 2 aromatic carbocycles. The Morgan fingerprint density at radius 2 is 1.83 bits per heavy atom. The van der Waals surface area contributed by atoms with Crippen molar-refractivity contribution in [1.82, 2.24) is 0 Å². The van der Waals surface area contributed by atoms with Crippen molar-refractivity contribution in [2.45, 2.75) is 12.3 Å². The predicted octanol–water partition coefficient (Wildman–Crippen LogP) is 5.36. The van der Waals surface area contributed by atoms with Gasteiger partial charge in [-0.05, 0) is 63.8 Å². The third kappa shape index (κ3) is 2.73. The number of alkyl halides is 1. The van der Waals surface area contributed by atoms with Gasteiger partial charge in [0.05, 0.1) is 9.85 Å². The molecule has 0 bridgehead atoms. The van der Waals surface area contributed by atoms with Gasteiger partial charge in [-0.3, -0.25) is 0 Å². The van der Waals surface area contributed by atoms with E-state index < -0.39 is 5.38 Å². The van der Waals surface area contributed by atoms with Crippen LogP contribution in [0, 0.1) is 18.6 Å². The molecule has 4 heteroatoms. The van der Waals surface area contributed by atoms with Gasteiger partial charge in [0.2, 0.25) is 0 Å². The second-order valence-corrected chi connectivity index (χ2v) is 5.33. The number of hydrogen-bond donors (Lipinski definition) is 0. The maximum atomic E-state index is 13.2. The Morgan fingerprint density at radius 3 is 2.50 bits per heavy atom. The van der Waals surface area contributed by atoms with Crippen LogP contribution in [0.25, 0.3) is 0 Å². The second kappa shape index (κ2) is 5.37. The molecule has 1 atom stereocenters. The fourth-order valence-electron chi connectivity index (χ4n) is 1.73. The van der Waals surface area contributed by atoms with Crippen LogP contribution in [0.4, 0.5) is 8.78 Å². The van der Waals surface area contributed by atoms with Crippen LogP contribution in [0.15, 0.2) is 40.9 Å². The molecule has 18 heavy (non-hydrogen) atoms. The molecule has 94 valence electrons. The van der Waals surface area contributed by atoms with E-state index in [1.165, 1.54) is 18.2 Å². The SMILES string of the molecule is Cc1ccc(F)cc1C(Cl)c1ccc(F)c(Br)c1. The highest BCUT2D eigenvalue weighted by atomic mass is 79.9. The van der Waals surface area contributed by atoms with Gasteiger partial charge in [-0.2, -0.15) is 0 Å². The van der Waals surface area contributed by atoms with Crippen LogP contribution < -0.4 is 0 Å². The molecule has 0 aliphatic heterocycles. The number of halogens is 4. The summed E-state index contributed by atoms with van der Waals surface area (Å²) in [5, 5.41) is -0.502. The fourth-order valence-corrected chi connectivity index (χ4v) is 2.50. The first-order valence-corrected chi connectivity index (χ1v) is 6.57. The summed E-state index contributed by atoms with van der Waals surface area (Å²) in [5.74, 6) is -0.680. The number of hydrogen-bond acceptors (Lipinski definition) is 0. The molecule has 0 aliphatic carbocycles. The maximum absolute atomic E-state index is 13.2. The highest BCUT2D eigenvalue weighted by molar-refractivity contribution is 9.10. The summed E-state index contributed by atoms with van der Waals surface area (Å²) in [5.41, 5.74) is 2.31. The van der Waals surface area contributed by atoms with Crippen LogP contribution in [0.2, 0.25) is 0 Å². The normalized spacial score (nSPS) is 12.5. The highest BCUT2D eigenvalue weighted by Crippen LogP contribution is 2.33. The van der Waals surface area contributed by atoms with E-state index in [9.17, 15) is 8.78 Å². The van der Waals surface area contributed by atoms with Crippen molar-refractivity contribution in [2.75, 3.05) is 0 Å². The summed E-state index contributed by atoms with van der Waals surface area (Å²) in [6.45, 7) is 1.86. The Morgan fingerprint density at radius 1 is 1.11 bits per heavy atom. The Bertz CT molecular complexity index is 584. The molecular weight excluding hydrogens is 322 g/mol. The van der Waals surface area contributed by atoms with Gasteiger partial charge in [0, 0.05) is 0 Å². The van der Waals surface area contributed by atoms with Crippen molar-refractivity contribution in [3.63, 3.8) is 0 Å². The van der Waals surface area contributed by atoms with E-state index in [4.69, 9.17) is 11.6 Å². The molecule has 0 fully saturated rings. The van der Waals surface area contributed by atoms with Crippen LogP contribution >= 0.6 is 27.5 Å². The van der Waals surface area contributed by atoms with Crippen molar-refractivity contribution in [3.8, 4) is 0 Å². The lowest BCUT2D eigenvalue weighted by molar-refractivity contribution is 0.619. The average molecular weight is 332 g/mol. The van der Waals surface area contributed by atoms with E-state index in [1.807, 2.05) is 6.92 Å². The lowest BCUT2D eigenvalue weighted by atomic mass is 10.00. The van der Waals surface area contributed by atoms with Gasteiger partial charge in [0.1, 0.15) is 11.6 Å². The third-order valence-corrected chi connectivity index (χ3v) is 3.85. The zero-order valence-corrected chi connectivity index (χ0v) is 11.9. The Kier molecular flexibility index (Phi) is 4.03. The Hall–Kier alpha value is -0.930. The monoisotopic (exact) mass is 330 g/mol. The molecule has 2 aromatic rings. The molecule has 0 nitrogen and oxygen atoms in total. The summed E-state index contributed by atoms with van der Waals surface area (Å²) in [4.78, 5) is 0. The van der Waals surface area contributed by atoms with Gasteiger partial charge < -0.3 is 0 Å². The summed E-state index contributed by atoms with van der Waals surface area (Å²) in [6.07, 6.45) is 0. The van der Waals surface area contributed by atoms with Crippen LogP contribution in [0.1, 0.15) is 22.1 Å². The van der Waals surface area contributed by atoms with Gasteiger partial charge >= 0.3 is 0 Å². The van der Waals surface area contributed by atoms with E-state index in [0.29, 0.717) is 10.0 Å². The smallest absolute Gasteiger partial charge is 0.137 e. The Labute approximate surface area is 118 Å². The quantitative estimate of drug-likeness (QED) is 0.650. The molecule has 0 spiro atoms. The average Bonchev–Trinajstić information content (AvgIpc) is 2.35. The predicted molar refractivity (Wildman–Crippen MR) is 72.9 cm³/mol. The summed E-state index contributed by atoms with van der Waals surface area (Å²) in [6, 6.07) is 9.02. The fraction of sp³-hybridized carbons (Fsp3) is 0.143. The lowest BCUT2D eigenvalue weighted by Crippen LogP contribution is -1.98. The molecule has 0 N–H and O–H groups in total. The maximum Gasteiger partial charge on any atom is 0.137 e. The Balaban J connectivity index is 2.44. The minimum atomic E-state index is -0.502. The van der Waals surface area contributed by atoms with E-state index in [-0.39, 0.29) is 11.6 Å². The third-order valence-electron chi connectivity index (χ3n) is 2.75. The topological polar surface area (TPSA) is 0 Å². The molecule has 2 rings (SSSR count). The molecule has 0 radical (unpaired) electrons. The van der Waals surface area contributed by atoms with Crippen LogP contribution in [0.3, 0.4) is 0 Å². The summed E-state index contributed by atoms with van der Waals surface area (Å²) >= 11 is 9.44. The van der Waals surface area contributed by atoms with Crippen molar-refractivity contribution in [1.29, 1.82) is 0 Å². The standard InChI is InChI=1S/C14H10BrClF2/c1-8-2-4-10(17)7-11(8)14(16)9-3-5-13(18)12(15)6-9/h2-7,14H,1H3. The molecule has 0 amide bonds. The van der Waals surface area contributed by atoms with Gasteiger partial charge in [-0.25, -0.2) is 8.78 Å². The van der Waals surface area contributed by atoms with Crippen molar-refractivity contribution < 1.29 is 8.78 Å². The minimum Gasteiger partial charge on any atom is -0.207 e. The molecule has 0 saturated carbocycles. The van der Waals surface area contributed by atoms with E-state index in [1.54, 1.807) is 18.2 Å². The van der Waals surface area contributed by atoms with Crippen LogP contribution in [-0.4, -0.2) is 0 Å². The molecule has 0 saturated heterocycles. The first-order valence-electron chi connectivity index (χ1n) is 5.34. The van der Waals surface area contributed by atoms with Crippen molar-refractivity contribution in [3.05, 3.63) is 69.2 Å². The molecule has 0 aliphatic rings. The van der Waals surface area contributed by atoms with Gasteiger partial charge in [0.25, 0.3) is 0 Å². The van der Waals surface area contributed by atoms with Crippen molar-refractivity contribution >= 4 is 27.5 Å². The minimum absolute atomic E-state index is 0.331. The van der Waals surface area contributed by atoms with Gasteiger partial charge in [0.15, 0.2) is 0 Å². The summed E-state index contributed by atoms with van der Waals surface area (Å²) < 4.78 is 26.7. The molecule has 1 unspecified atom stereocenters. The van der Waals surface area contributed by atoms with Crippen LogP contribution in [0.5, 0.6) is 0 Å². The van der Waals surface area contributed by atoms with E-state index in [0.717, 1.165) is 11.1 Å². The zero-order valence-electron chi connectivity index (χ0n) is 9.55. The highest BCUT2D eigenvalue weighted by Gasteiger charge is 2.15. The lowest BCUT2D eigenvalue weighted by Gasteiger charge is -2.14. The largest absolute Gasteiger partial charge is 0.207 e. The molecule has 0 heterocycles. The zero-order chi connectivity index (χ0) is 13.3. The first kappa shape index (κ1) is 13.5. The molecule has 0 aromatic heterocycles. The van der Waals surface area contributed by atoms with Gasteiger partial charge in [-0.1, -0.05) is 12.1 Å². The number of benzene rings is 2. The van der Waals surface area contributed by atoms with E-state index >= 15 is 0 Å². The summed E-state index contributed by atoms with van der Waals surface area (Å²) in [7, 11) is 0. The van der Waals surface area contributed by atoms with Crippen LogP contribution in [-0.2, 0) is 0 Å². The first-order chi connectivity index (χ1) is 8.49.